The van der Waals surface area contributed by atoms with Crippen LogP contribution in [-0.4, -0.2) is 18.2 Å². The van der Waals surface area contributed by atoms with E-state index in [0.717, 1.165) is 12.1 Å². The average Bonchev–Trinajstić information content (AvgIpc) is 2.47. The predicted molar refractivity (Wildman–Crippen MR) is 78.4 cm³/mol. The second-order valence-corrected chi connectivity index (χ2v) is 4.52. The van der Waals surface area contributed by atoms with Crippen LogP contribution in [0.5, 0.6) is 23.1 Å². The molecular weight excluding hydrogens is 337 g/mol. The SMILES string of the molecule is Cl.Nc1cc(Oc2ccc(C(F)(F)F)cn2)cc2c1OCCO2. The molecule has 0 bridgehead atoms. The molecule has 1 aliphatic rings. The van der Waals surface area contributed by atoms with Crippen LogP contribution < -0.4 is 19.9 Å². The monoisotopic (exact) mass is 348 g/mol. The lowest BCUT2D eigenvalue weighted by Crippen LogP contribution is -2.16. The Hall–Kier alpha value is -2.35. The number of nitrogens with zero attached hydrogens (tertiary/aromatic N) is 1. The number of halogens is 4. The van der Waals surface area contributed by atoms with Crippen LogP contribution in [0.1, 0.15) is 5.56 Å². The van der Waals surface area contributed by atoms with Gasteiger partial charge in [-0.15, -0.1) is 12.4 Å². The topological polar surface area (TPSA) is 66.6 Å². The molecule has 0 spiro atoms. The van der Waals surface area contributed by atoms with Crippen molar-refractivity contribution >= 4 is 18.1 Å². The molecule has 2 heterocycles. The number of aromatic nitrogens is 1. The van der Waals surface area contributed by atoms with E-state index >= 15 is 0 Å². The van der Waals surface area contributed by atoms with Crippen molar-refractivity contribution in [2.24, 2.45) is 0 Å². The van der Waals surface area contributed by atoms with Gasteiger partial charge in [-0.05, 0) is 6.07 Å². The fraction of sp³-hybridized carbons (Fsp3) is 0.214. The van der Waals surface area contributed by atoms with Gasteiger partial charge in [0, 0.05) is 24.4 Å². The van der Waals surface area contributed by atoms with E-state index in [1.165, 1.54) is 6.07 Å². The van der Waals surface area contributed by atoms with E-state index in [-0.39, 0.29) is 18.3 Å². The van der Waals surface area contributed by atoms with Gasteiger partial charge in [-0.3, -0.25) is 0 Å². The second kappa shape index (κ2) is 6.41. The van der Waals surface area contributed by atoms with Gasteiger partial charge in [-0.1, -0.05) is 0 Å². The fourth-order valence-corrected chi connectivity index (χ4v) is 1.94. The predicted octanol–water partition coefficient (Wildman–Crippen LogP) is 3.67. The molecule has 2 aromatic rings. The van der Waals surface area contributed by atoms with Crippen molar-refractivity contribution in [3.8, 4) is 23.1 Å². The number of nitrogen functional groups attached to an aromatic ring is 1. The zero-order valence-electron chi connectivity index (χ0n) is 11.6. The standard InChI is InChI=1S/C14H11F3N2O3.ClH/c15-14(16,17)8-1-2-12(19-7-8)22-9-5-10(18)13-11(6-9)20-3-4-21-13;/h1-2,5-7H,3-4,18H2;1H. The van der Waals surface area contributed by atoms with Gasteiger partial charge in [0.1, 0.15) is 19.0 Å². The summed E-state index contributed by atoms with van der Waals surface area (Å²) >= 11 is 0. The van der Waals surface area contributed by atoms with E-state index in [9.17, 15) is 13.2 Å². The van der Waals surface area contributed by atoms with Crippen LogP contribution in [0.25, 0.3) is 0 Å². The highest BCUT2D eigenvalue weighted by molar-refractivity contribution is 5.85. The number of nitrogens with two attached hydrogens (primary N) is 1. The van der Waals surface area contributed by atoms with Crippen LogP contribution in [0.15, 0.2) is 30.5 Å². The Bertz CT molecular complexity index is 693. The molecule has 3 rings (SSSR count). The summed E-state index contributed by atoms with van der Waals surface area (Å²) in [7, 11) is 0. The number of anilines is 1. The molecule has 1 aromatic heterocycles. The Morgan fingerprint density at radius 1 is 1.13 bits per heavy atom. The maximum absolute atomic E-state index is 12.5. The molecule has 0 aliphatic carbocycles. The van der Waals surface area contributed by atoms with Crippen molar-refractivity contribution < 1.29 is 27.4 Å². The molecule has 0 fully saturated rings. The van der Waals surface area contributed by atoms with Gasteiger partial charge in [0.2, 0.25) is 5.88 Å². The molecule has 0 amide bonds. The van der Waals surface area contributed by atoms with E-state index in [1.807, 2.05) is 0 Å². The lowest BCUT2D eigenvalue weighted by Gasteiger charge is -2.20. The highest BCUT2D eigenvalue weighted by Crippen LogP contribution is 2.40. The van der Waals surface area contributed by atoms with Crippen LogP contribution in [0.4, 0.5) is 18.9 Å². The fourth-order valence-electron chi connectivity index (χ4n) is 1.94. The molecule has 2 N–H and O–H groups in total. The zero-order chi connectivity index (χ0) is 15.7. The van der Waals surface area contributed by atoms with Gasteiger partial charge in [0.05, 0.1) is 11.3 Å². The van der Waals surface area contributed by atoms with Gasteiger partial charge in [0.25, 0.3) is 0 Å². The molecule has 0 radical (unpaired) electrons. The number of pyridine rings is 1. The smallest absolute Gasteiger partial charge is 0.417 e. The lowest BCUT2D eigenvalue weighted by atomic mass is 10.2. The van der Waals surface area contributed by atoms with Crippen molar-refractivity contribution in [3.63, 3.8) is 0 Å². The zero-order valence-corrected chi connectivity index (χ0v) is 12.4. The summed E-state index contributed by atoms with van der Waals surface area (Å²) in [6, 6.07) is 5.07. The minimum Gasteiger partial charge on any atom is -0.486 e. The first-order chi connectivity index (χ1) is 10.4. The average molecular weight is 349 g/mol. The molecule has 9 heteroatoms. The Labute approximate surface area is 135 Å². The minimum absolute atomic E-state index is 0. The number of benzene rings is 1. The van der Waals surface area contributed by atoms with Crippen LogP contribution in [0.3, 0.4) is 0 Å². The number of fused-ring (bicyclic) bond motifs is 1. The summed E-state index contributed by atoms with van der Waals surface area (Å²) in [5.74, 6) is 1.17. The number of hydrogen-bond acceptors (Lipinski definition) is 5. The third-order valence-electron chi connectivity index (χ3n) is 2.93. The first kappa shape index (κ1) is 17.0. The molecule has 0 unspecified atom stereocenters. The van der Waals surface area contributed by atoms with Crippen molar-refractivity contribution in [2.75, 3.05) is 18.9 Å². The van der Waals surface area contributed by atoms with Gasteiger partial charge < -0.3 is 19.9 Å². The molecule has 23 heavy (non-hydrogen) atoms. The van der Waals surface area contributed by atoms with Crippen LogP contribution >= 0.6 is 12.4 Å². The summed E-state index contributed by atoms with van der Waals surface area (Å²) in [6.45, 7) is 0.784. The van der Waals surface area contributed by atoms with Gasteiger partial charge in [-0.25, -0.2) is 4.98 Å². The Morgan fingerprint density at radius 2 is 1.87 bits per heavy atom. The van der Waals surface area contributed by atoms with Crippen molar-refractivity contribution in [2.45, 2.75) is 6.18 Å². The number of rotatable bonds is 2. The molecule has 1 aromatic carbocycles. The Balaban J connectivity index is 0.00000192. The van der Waals surface area contributed by atoms with Gasteiger partial charge in [-0.2, -0.15) is 13.2 Å². The molecule has 5 nitrogen and oxygen atoms in total. The summed E-state index contributed by atoms with van der Waals surface area (Å²) in [4.78, 5) is 3.63. The van der Waals surface area contributed by atoms with E-state index < -0.39 is 11.7 Å². The molecule has 0 saturated heterocycles. The lowest BCUT2D eigenvalue weighted by molar-refractivity contribution is -0.137. The second-order valence-electron chi connectivity index (χ2n) is 4.52. The highest BCUT2D eigenvalue weighted by atomic mass is 35.5. The van der Waals surface area contributed by atoms with Crippen LogP contribution in [0.2, 0.25) is 0 Å². The number of ether oxygens (including phenoxy) is 3. The maximum atomic E-state index is 12.5. The van der Waals surface area contributed by atoms with E-state index in [2.05, 4.69) is 4.98 Å². The summed E-state index contributed by atoms with van der Waals surface area (Å²) < 4.78 is 53.5. The summed E-state index contributed by atoms with van der Waals surface area (Å²) in [5, 5.41) is 0. The third kappa shape index (κ3) is 3.70. The Morgan fingerprint density at radius 3 is 2.52 bits per heavy atom. The molecule has 0 saturated carbocycles. The quantitative estimate of drug-likeness (QED) is 0.839. The summed E-state index contributed by atoms with van der Waals surface area (Å²) in [5.41, 5.74) is 5.30. The van der Waals surface area contributed by atoms with Crippen molar-refractivity contribution in [1.29, 1.82) is 0 Å². The normalized spacial score (nSPS) is 13.2. The molecule has 0 atom stereocenters. The highest BCUT2D eigenvalue weighted by Gasteiger charge is 2.30. The van der Waals surface area contributed by atoms with Crippen LogP contribution in [-0.2, 0) is 6.18 Å². The van der Waals surface area contributed by atoms with Gasteiger partial charge >= 0.3 is 6.18 Å². The van der Waals surface area contributed by atoms with E-state index in [0.29, 0.717) is 42.3 Å². The first-order valence-corrected chi connectivity index (χ1v) is 6.34. The number of alkyl halides is 3. The number of hydrogen-bond donors (Lipinski definition) is 1. The first-order valence-electron chi connectivity index (χ1n) is 6.34. The van der Waals surface area contributed by atoms with Crippen molar-refractivity contribution in [1.82, 2.24) is 4.98 Å². The van der Waals surface area contributed by atoms with Crippen LogP contribution in [0, 0.1) is 0 Å². The summed E-state index contributed by atoms with van der Waals surface area (Å²) in [6.07, 6.45) is -3.73. The van der Waals surface area contributed by atoms with E-state index in [4.69, 9.17) is 19.9 Å². The molecule has 1 aliphatic heterocycles. The minimum atomic E-state index is -4.44. The Kier molecular flexibility index (Phi) is 4.74. The molecular formula is C14H12ClF3N2O3. The van der Waals surface area contributed by atoms with Crippen molar-refractivity contribution in [3.05, 3.63) is 36.0 Å². The molecule has 124 valence electrons. The largest absolute Gasteiger partial charge is 0.486 e. The van der Waals surface area contributed by atoms with E-state index in [1.54, 1.807) is 6.07 Å². The van der Waals surface area contributed by atoms with Gasteiger partial charge in [0.15, 0.2) is 11.5 Å². The maximum Gasteiger partial charge on any atom is 0.417 e. The third-order valence-corrected chi connectivity index (χ3v) is 2.93.